The van der Waals surface area contributed by atoms with Gasteiger partial charge < -0.3 is 38.0 Å². The average molecular weight is 534 g/mol. The van der Waals surface area contributed by atoms with E-state index in [1.807, 2.05) is 6.07 Å². The van der Waals surface area contributed by atoms with Gasteiger partial charge in [-0.25, -0.2) is 4.79 Å². The van der Waals surface area contributed by atoms with Crippen molar-refractivity contribution in [2.24, 2.45) is 22.2 Å². The zero-order chi connectivity index (χ0) is 28.6. The van der Waals surface area contributed by atoms with Crippen molar-refractivity contribution in [3.05, 3.63) is 35.9 Å². The molecule has 0 aliphatic rings. The molecule has 16 heteroatoms. The number of carbonyl (C=O) groups excluding carboxylic acids is 3. The van der Waals surface area contributed by atoms with Crippen LogP contribution in [0.5, 0.6) is 0 Å². The third kappa shape index (κ3) is 16.0. The molecule has 206 valence electrons. The summed E-state index contributed by atoms with van der Waals surface area (Å²) in [6.45, 7) is 0.236. The lowest BCUT2D eigenvalue weighted by molar-refractivity contribution is -0.192. The molecule has 13 nitrogen and oxygen atoms in total. The Hall–Kier alpha value is -4.37. The standard InChI is InChI=1S/C19H28N6O5.C2HF3O2/c20-17(29)14(11-12-5-2-1-3-6-12)25-18(30)13(7-4-10-23-19(21)22)24-15(26)8-9-16(27)28;3-2(4,5)1(6)7/h1-3,5-6,13-14H,4,7-11H2,(H2,20,29)(H,24,26)(H,25,30)(H,27,28)(H4,21,22,23);(H,6,7)/t13-,14-;/m0./s1. The number of amides is 3. The largest absolute Gasteiger partial charge is 0.490 e. The molecule has 0 aromatic heterocycles. The highest BCUT2D eigenvalue weighted by molar-refractivity contribution is 5.92. The molecule has 0 unspecified atom stereocenters. The van der Waals surface area contributed by atoms with E-state index < -0.39 is 47.9 Å². The lowest BCUT2D eigenvalue weighted by Crippen LogP contribution is -2.53. The van der Waals surface area contributed by atoms with Crippen molar-refractivity contribution < 1.29 is 47.4 Å². The first-order valence-electron chi connectivity index (χ1n) is 10.6. The maximum Gasteiger partial charge on any atom is 0.490 e. The van der Waals surface area contributed by atoms with Gasteiger partial charge in [-0.05, 0) is 18.4 Å². The van der Waals surface area contributed by atoms with Gasteiger partial charge >= 0.3 is 18.1 Å². The minimum Gasteiger partial charge on any atom is -0.481 e. The molecule has 1 aromatic carbocycles. The van der Waals surface area contributed by atoms with Gasteiger partial charge in [0, 0.05) is 19.4 Å². The van der Waals surface area contributed by atoms with Crippen LogP contribution in [0.4, 0.5) is 13.2 Å². The quantitative estimate of drug-likeness (QED) is 0.0954. The van der Waals surface area contributed by atoms with Crippen LogP contribution < -0.4 is 27.8 Å². The second-order valence-electron chi connectivity index (χ2n) is 7.42. The van der Waals surface area contributed by atoms with E-state index in [2.05, 4.69) is 15.6 Å². The normalized spacial score (nSPS) is 12.1. The summed E-state index contributed by atoms with van der Waals surface area (Å²) in [6, 6.07) is 7.02. The molecule has 10 N–H and O–H groups in total. The van der Waals surface area contributed by atoms with Gasteiger partial charge in [-0.15, -0.1) is 0 Å². The molecule has 0 aliphatic carbocycles. The zero-order valence-electron chi connectivity index (χ0n) is 19.5. The van der Waals surface area contributed by atoms with Crippen molar-refractivity contribution >= 4 is 35.6 Å². The lowest BCUT2D eigenvalue weighted by atomic mass is 10.0. The molecular weight excluding hydrogens is 505 g/mol. The highest BCUT2D eigenvalue weighted by atomic mass is 19.4. The van der Waals surface area contributed by atoms with Gasteiger partial charge in [0.2, 0.25) is 17.7 Å². The second kappa shape index (κ2) is 16.3. The topological polar surface area (TPSA) is 240 Å². The molecule has 0 heterocycles. The molecule has 37 heavy (non-hydrogen) atoms. The Morgan fingerprint density at radius 3 is 1.95 bits per heavy atom. The van der Waals surface area contributed by atoms with Crippen molar-refractivity contribution in [1.82, 2.24) is 10.6 Å². The van der Waals surface area contributed by atoms with Crippen LogP contribution in [0.2, 0.25) is 0 Å². The number of aliphatic imine (C=N–C) groups is 1. The summed E-state index contributed by atoms with van der Waals surface area (Å²) in [5.41, 5.74) is 16.7. The van der Waals surface area contributed by atoms with Crippen LogP contribution in [0, 0.1) is 0 Å². The lowest BCUT2D eigenvalue weighted by Gasteiger charge is -2.22. The Balaban J connectivity index is 0.00000161. The Labute approximate surface area is 209 Å². The zero-order valence-corrected chi connectivity index (χ0v) is 19.5. The molecule has 2 atom stereocenters. The fraction of sp³-hybridized carbons (Fsp3) is 0.429. The van der Waals surface area contributed by atoms with E-state index in [9.17, 15) is 32.3 Å². The minimum absolute atomic E-state index is 0.0989. The maximum atomic E-state index is 12.7. The fourth-order valence-electron chi connectivity index (χ4n) is 2.60. The van der Waals surface area contributed by atoms with E-state index >= 15 is 0 Å². The number of rotatable bonds is 13. The summed E-state index contributed by atoms with van der Waals surface area (Å²) in [7, 11) is 0. The third-order valence-electron chi connectivity index (χ3n) is 4.35. The van der Waals surface area contributed by atoms with Crippen molar-refractivity contribution in [1.29, 1.82) is 0 Å². The summed E-state index contributed by atoms with van der Waals surface area (Å²) in [6.07, 6.45) is -4.99. The monoisotopic (exact) mass is 534 g/mol. The van der Waals surface area contributed by atoms with E-state index in [-0.39, 0.29) is 38.2 Å². The van der Waals surface area contributed by atoms with Crippen LogP contribution in [0.15, 0.2) is 35.3 Å². The molecule has 0 aliphatic heterocycles. The SMILES string of the molecule is NC(=O)[C@H](Cc1ccccc1)NC(=O)[C@H](CCCN=C(N)N)NC(=O)CCC(=O)O.O=C(O)C(F)(F)F. The van der Waals surface area contributed by atoms with E-state index in [0.717, 1.165) is 5.56 Å². The first-order chi connectivity index (χ1) is 17.1. The number of benzene rings is 1. The Kier molecular flexibility index (Phi) is 14.4. The van der Waals surface area contributed by atoms with Crippen LogP contribution in [-0.2, 0) is 30.4 Å². The fourth-order valence-corrected chi connectivity index (χ4v) is 2.60. The van der Waals surface area contributed by atoms with Crippen LogP contribution in [0.1, 0.15) is 31.2 Å². The maximum absolute atomic E-state index is 12.7. The molecule has 0 bridgehead atoms. The van der Waals surface area contributed by atoms with Crippen LogP contribution in [-0.4, -0.2) is 70.6 Å². The predicted octanol–water partition coefficient (Wildman–Crippen LogP) is -0.764. The van der Waals surface area contributed by atoms with E-state index in [1.54, 1.807) is 24.3 Å². The molecule has 0 saturated carbocycles. The highest BCUT2D eigenvalue weighted by Gasteiger charge is 2.38. The van der Waals surface area contributed by atoms with Gasteiger partial charge in [0.15, 0.2) is 5.96 Å². The summed E-state index contributed by atoms with van der Waals surface area (Å²) < 4.78 is 31.7. The number of nitrogens with two attached hydrogens (primary N) is 3. The average Bonchev–Trinajstić information content (AvgIpc) is 2.79. The summed E-state index contributed by atoms with van der Waals surface area (Å²) >= 11 is 0. The van der Waals surface area contributed by atoms with Crippen molar-refractivity contribution in [3.63, 3.8) is 0 Å². The minimum atomic E-state index is -5.08. The number of halogens is 3. The molecule has 0 saturated heterocycles. The smallest absolute Gasteiger partial charge is 0.481 e. The van der Waals surface area contributed by atoms with Crippen molar-refractivity contribution in [2.45, 2.75) is 50.4 Å². The summed E-state index contributed by atoms with van der Waals surface area (Å²) in [4.78, 5) is 59.9. The van der Waals surface area contributed by atoms with Gasteiger partial charge in [0.25, 0.3) is 0 Å². The van der Waals surface area contributed by atoms with Gasteiger partial charge in [-0.2, -0.15) is 13.2 Å². The van der Waals surface area contributed by atoms with Crippen LogP contribution >= 0.6 is 0 Å². The van der Waals surface area contributed by atoms with Gasteiger partial charge in [-0.3, -0.25) is 24.2 Å². The summed E-state index contributed by atoms with van der Waals surface area (Å²) in [5.74, 6) is -5.91. The van der Waals surface area contributed by atoms with E-state index in [0.29, 0.717) is 6.42 Å². The highest BCUT2D eigenvalue weighted by Crippen LogP contribution is 2.13. The molecule has 1 aromatic rings. The Bertz CT molecular complexity index is 954. The van der Waals surface area contributed by atoms with Gasteiger partial charge in [0.1, 0.15) is 12.1 Å². The molecule has 3 amide bonds. The Morgan fingerprint density at radius 1 is 0.919 bits per heavy atom. The van der Waals surface area contributed by atoms with Gasteiger partial charge in [-0.1, -0.05) is 30.3 Å². The number of nitrogens with zero attached hydrogens (tertiary/aromatic N) is 1. The number of carboxylic acids is 2. The molecule has 0 radical (unpaired) electrons. The van der Waals surface area contributed by atoms with Crippen molar-refractivity contribution in [2.75, 3.05) is 6.54 Å². The molecule has 1 rings (SSSR count). The van der Waals surface area contributed by atoms with E-state index in [4.69, 9.17) is 32.2 Å². The first-order valence-corrected chi connectivity index (χ1v) is 10.6. The third-order valence-corrected chi connectivity index (χ3v) is 4.35. The van der Waals surface area contributed by atoms with Crippen LogP contribution in [0.25, 0.3) is 0 Å². The molecule has 0 spiro atoms. The summed E-state index contributed by atoms with van der Waals surface area (Å²) in [5, 5.41) is 20.9. The van der Waals surface area contributed by atoms with Crippen molar-refractivity contribution in [3.8, 4) is 0 Å². The van der Waals surface area contributed by atoms with Crippen LogP contribution in [0.3, 0.4) is 0 Å². The number of carboxylic acid groups (broad SMARTS) is 2. The number of hydrogen-bond donors (Lipinski definition) is 7. The second-order valence-corrected chi connectivity index (χ2v) is 7.42. The Morgan fingerprint density at radius 2 is 1.49 bits per heavy atom. The number of carbonyl (C=O) groups is 5. The number of aliphatic carboxylic acids is 2. The number of primary amides is 1. The number of guanidine groups is 1. The predicted molar refractivity (Wildman–Crippen MR) is 124 cm³/mol. The number of alkyl halides is 3. The first kappa shape index (κ1) is 32.6. The number of hydrogen-bond acceptors (Lipinski definition) is 6. The molecular formula is C21H29F3N6O7. The number of nitrogens with one attached hydrogen (secondary N) is 2. The van der Waals surface area contributed by atoms with Gasteiger partial charge in [0.05, 0.1) is 6.42 Å². The van der Waals surface area contributed by atoms with E-state index in [1.165, 1.54) is 0 Å². The molecule has 0 fully saturated rings.